The molecule has 192 valence electrons. The number of allylic oxidation sites excluding steroid dienone is 2. The van der Waals surface area contributed by atoms with E-state index in [-0.39, 0.29) is 35.7 Å². The number of esters is 1. The molecule has 5 nitrogen and oxygen atoms in total. The summed E-state index contributed by atoms with van der Waals surface area (Å²) in [5.74, 6) is 1.55. The van der Waals surface area contributed by atoms with E-state index >= 15 is 0 Å². The van der Waals surface area contributed by atoms with Gasteiger partial charge in [-0.3, -0.25) is 9.59 Å². The van der Waals surface area contributed by atoms with E-state index in [0.29, 0.717) is 13.0 Å². The Morgan fingerprint density at radius 3 is 2.26 bits per heavy atom. The molecule has 1 aliphatic carbocycles. The zero-order valence-electron chi connectivity index (χ0n) is 21.9. The number of nitrogens with zero attached hydrogens (tertiary/aromatic N) is 1. The van der Waals surface area contributed by atoms with Gasteiger partial charge >= 0.3 is 5.97 Å². The molecule has 0 aromatic heterocycles. The molecule has 0 aromatic rings. The molecule has 1 heterocycles. The topological polar surface area (TPSA) is 63.6 Å². The second kappa shape index (κ2) is 18.2. The highest BCUT2D eigenvalue weighted by atomic mass is 32.2. The number of terminal acetylenes is 1. The largest absolute Gasteiger partial charge is 0.454 e. The number of carbonyl (C=O) groups is 2. The number of ketones is 1. The average Bonchev–Trinajstić information content (AvgIpc) is 3.63. The number of hydrogen-bond acceptors (Lipinski definition) is 5. The van der Waals surface area contributed by atoms with Crippen LogP contribution in [0.25, 0.3) is 0 Å². The Balaban J connectivity index is 0. The highest BCUT2D eigenvalue weighted by molar-refractivity contribution is 8.02. The summed E-state index contributed by atoms with van der Waals surface area (Å²) in [6.45, 7) is 18.6. The van der Waals surface area contributed by atoms with E-state index in [1.54, 1.807) is 26.0 Å². The van der Waals surface area contributed by atoms with Crippen LogP contribution in [0.5, 0.6) is 0 Å². The molecule has 0 aromatic carbocycles. The molecule has 0 spiro atoms. The van der Waals surface area contributed by atoms with Crippen molar-refractivity contribution in [3.8, 4) is 12.3 Å². The van der Waals surface area contributed by atoms with Crippen LogP contribution >= 0.6 is 11.8 Å². The monoisotopic (exact) mass is 496 g/mol. The SMILES string of the molecule is C#CC.C/C=C\C(=C(/C)F)C(C(=O)C1CC1)[N+]1(O)CCC(SCOC(C)=O)=C(C)C1.C=C.CC. The maximum absolute atomic E-state index is 14.3. The first-order valence-corrected chi connectivity index (χ1v) is 12.5. The van der Waals surface area contributed by atoms with Gasteiger partial charge < -0.3 is 4.74 Å². The smallest absolute Gasteiger partial charge is 0.303 e. The van der Waals surface area contributed by atoms with Gasteiger partial charge in [-0.2, -0.15) is 4.65 Å². The third-order valence-electron chi connectivity index (χ3n) is 4.98. The summed E-state index contributed by atoms with van der Waals surface area (Å²) >= 11 is 1.43. The minimum Gasteiger partial charge on any atom is -0.454 e. The Hall–Kier alpha value is -2.14. The summed E-state index contributed by atoms with van der Waals surface area (Å²) in [6, 6.07) is -0.909. The molecule has 1 saturated carbocycles. The Labute approximate surface area is 210 Å². The summed E-state index contributed by atoms with van der Waals surface area (Å²) in [5.41, 5.74) is 1.20. The Kier molecular flexibility index (Phi) is 18.2. The third kappa shape index (κ3) is 11.3. The number of ether oxygens (including phenoxy) is 1. The van der Waals surface area contributed by atoms with Gasteiger partial charge in [0.05, 0.1) is 5.57 Å². The number of rotatable bonds is 8. The fourth-order valence-electron chi connectivity index (χ4n) is 3.50. The fraction of sp³-hybridized carbons (Fsp3) is 0.556. The standard InChI is InChI=1S/C20H29FNO4S.C3H4.C2H6.C2H4/c1-5-6-17(14(3)21)19(20(24)16-7-8-16)22(25)10-9-18(13(2)11-22)27-12-26-15(4)23;1-3-2;2*1-2/h5-6,16,19,25H,7-12H2,1-4H3;1H,2H3;1-2H3;1-2H2/q+1;;;/b6-5-,17-14-;;;. The van der Waals surface area contributed by atoms with Gasteiger partial charge in [-0.15, -0.1) is 25.5 Å². The number of thioether (sulfide) groups is 1. The van der Waals surface area contributed by atoms with Crippen LogP contribution in [0.15, 0.2) is 47.2 Å². The fourth-order valence-corrected chi connectivity index (χ4v) is 4.41. The average molecular weight is 497 g/mol. The molecule has 0 saturated heterocycles. The lowest BCUT2D eigenvalue weighted by Gasteiger charge is -2.40. The lowest BCUT2D eigenvalue weighted by Crippen LogP contribution is -2.60. The van der Waals surface area contributed by atoms with Crippen molar-refractivity contribution < 1.29 is 28.6 Å². The summed E-state index contributed by atoms with van der Waals surface area (Å²) in [5, 5.41) is 11.4. The van der Waals surface area contributed by atoms with Gasteiger partial charge in [-0.25, -0.2) is 9.60 Å². The van der Waals surface area contributed by atoms with E-state index in [1.165, 1.54) is 25.6 Å². The number of carbonyl (C=O) groups excluding carboxylic acids is 2. The second-order valence-electron chi connectivity index (χ2n) is 7.58. The first-order chi connectivity index (χ1) is 16.1. The zero-order valence-corrected chi connectivity index (χ0v) is 22.8. The number of hydrogen-bond donors (Lipinski definition) is 1. The van der Waals surface area contributed by atoms with E-state index in [9.17, 15) is 19.2 Å². The molecule has 2 rings (SSSR count). The summed E-state index contributed by atoms with van der Waals surface area (Å²) in [4.78, 5) is 24.9. The maximum atomic E-state index is 14.3. The molecule has 7 heteroatoms. The van der Waals surface area contributed by atoms with Crippen molar-refractivity contribution in [2.75, 3.05) is 19.0 Å². The van der Waals surface area contributed by atoms with Crippen LogP contribution in [0.4, 0.5) is 4.39 Å². The molecule has 2 atom stereocenters. The van der Waals surface area contributed by atoms with Crippen molar-refractivity contribution in [1.82, 2.24) is 0 Å². The molecule has 2 aliphatic rings. The van der Waals surface area contributed by atoms with Crippen molar-refractivity contribution in [2.24, 2.45) is 5.92 Å². The highest BCUT2D eigenvalue weighted by Gasteiger charge is 2.50. The third-order valence-corrected chi connectivity index (χ3v) is 6.11. The normalized spacial score (nSPS) is 20.7. The predicted molar refractivity (Wildman–Crippen MR) is 141 cm³/mol. The van der Waals surface area contributed by atoms with Crippen LogP contribution < -0.4 is 0 Å². The first kappa shape index (κ1) is 34.0. The Bertz CT molecular complexity index is 789. The van der Waals surface area contributed by atoms with Gasteiger partial charge in [-0.05, 0) is 51.0 Å². The summed E-state index contributed by atoms with van der Waals surface area (Å²) in [7, 11) is 0. The van der Waals surface area contributed by atoms with Gasteiger partial charge in [0, 0.05) is 19.3 Å². The minimum absolute atomic E-state index is 0.0774. The number of hydroxylamine groups is 3. The van der Waals surface area contributed by atoms with Crippen LogP contribution in [-0.2, 0) is 14.3 Å². The van der Waals surface area contributed by atoms with E-state index in [1.807, 2.05) is 20.8 Å². The summed E-state index contributed by atoms with van der Waals surface area (Å²) in [6.07, 6.45) is 10.1. The van der Waals surface area contributed by atoms with Crippen LogP contribution in [0, 0.1) is 18.3 Å². The predicted octanol–water partition coefficient (Wildman–Crippen LogP) is 6.76. The zero-order chi connectivity index (χ0) is 26.9. The Morgan fingerprint density at radius 2 is 1.88 bits per heavy atom. The van der Waals surface area contributed by atoms with Crippen LogP contribution in [0.3, 0.4) is 0 Å². The quantitative estimate of drug-likeness (QED) is 0.100. The number of quaternary nitrogens is 1. The van der Waals surface area contributed by atoms with E-state index < -0.39 is 16.5 Å². The molecule has 1 N–H and O–H groups in total. The van der Waals surface area contributed by atoms with E-state index in [4.69, 9.17) is 4.74 Å². The molecule has 1 aliphatic heterocycles. The van der Waals surface area contributed by atoms with Crippen LogP contribution in [0.2, 0.25) is 0 Å². The Morgan fingerprint density at radius 1 is 1.35 bits per heavy atom. The van der Waals surface area contributed by atoms with Gasteiger partial charge in [-0.1, -0.05) is 37.8 Å². The van der Waals surface area contributed by atoms with E-state index in [0.717, 1.165) is 23.3 Å². The molecule has 0 amide bonds. The van der Waals surface area contributed by atoms with Gasteiger partial charge in [0.25, 0.3) is 0 Å². The second-order valence-corrected chi connectivity index (χ2v) is 8.59. The number of halogens is 1. The van der Waals surface area contributed by atoms with Gasteiger partial charge in [0.15, 0.2) is 0 Å². The molecule has 34 heavy (non-hydrogen) atoms. The maximum Gasteiger partial charge on any atom is 0.303 e. The van der Waals surface area contributed by atoms with Gasteiger partial charge in [0.1, 0.15) is 24.9 Å². The molecule has 0 bridgehead atoms. The minimum atomic E-state index is -0.909. The van der Waals surface area contributed by atoms with E-state index in [2.05, 4.69) is 25.5 Å². The van der Waals surface area contributed by atoms with Crippen LogP contribution in [-0.4, -0.2) is 46.7 Å². The highest BCUT2D eigenvalue weighted by Crippen LogP contribution is 2.39. The van der Waals surface area contributed by atoms with Crippen molar-refractivity contribution in [1.29, 1.82) is 0 Å². The first-order valence-electron chi connectivity index (χ1n) is 11.6. The van der Waals surface area contributed by atoms with Crippen LogP contribution in [0.1, 0.15) is 67.7 Å². The molecular weight excluding hydrogens is 453 g/mol. The van der Waals surface area contributed by atoms with Crippen molar-refractivity contribution in [3.63, 3.8) is 0 Å². The number of Topliss-reactive ketones (excluding diaryl/α,β-unsaturated/α-hetero) is 1. The molecule has 2 unspecified atom stereocenters. The lowest BCUT2D eigenvalue weighted by atomic mass is 9.93. The van der Waals surface area contributed by atoms with Crippen molar-refractivity contribution in [2.45, 2.75) is 73.8 Å². The lowest BCUT2D eigenvalue weighted by molar-refractivity contribution is -1.11. The molecule has 1 fully saturated rings. The van der Waals surface area contributed by atoms with Crippen molar-refractivity contribution in [3.05, 3.63) is 47.2 Å². The van der Waals surface area contributed by atoms with Gasteiger partial charge in [0.2, 0.25) is 11.8 Å². The molecule has 0 radical (unpaired) electrons. The summed E-state index contributed by atoms with van der Waals surface area (Å²) < 4.78 is 18.8. The van der Waals surface area contributed by atoms with Crippen molar-refractivity contribution >= 4 is 23.5 Å². The molecular formula is C27H43FNO4S+.